The molecule has 0 fully saturated rings. The Balaban J connectivity index is 1.96. The quantitative estimate of drug-likeness (QED) is 0.550. The maximum absolute atomic E-state index is 5.35. The molecule has 0 saturated heterocycles. The van der Waals surface area contributed by atoms with E-state index in [1.165, 1.54) is 44.9 Å². The Labute approximate surface area is 99.1 Å². The Kier molecular flexibility index (Phi) is 7.48. The fraction of sp³-hybridized carbons (Fsp3) is 0.643. The van der Waals surface area contributed by atoms with Crippen molar-refractivity contribution >= 4 is 5.90 Å². The van der Waals surface area contributed by atoms with Crippen molar-refractivity contribution < 1.29 is 4.74 Å². The van der Waals surface area contributed by atoms with Crippen LogP contribution in [0.5, 0.6) is 0 Å². The minimum absolute atomic E-state index is 0.846. The van der Waals surface area contributed by atoms with Crippen LogP contribution in [-0.4, -0.2) is 5.90 Å². The molecule has 0 spiro atoms. The Morgan fingerprint density at radius 2 is 1.75 bits per heavy atom. The molecule has 0 aromatic carbocycles. The van der Waals surface area contributed by atoms with Crippen molar-refractivity contribution in [2.75, 3.05) is 0 Å². The lowest BCUT2D eigenvalue weighted by Gasteiger charge is -2.03. The van der Waals surface area contributed by atoms with Gasteiger partial charge in [-0.05, 0) is 18.6 Å². The van der Waals surface area contributed by atoms with Gasteiger partial charge in [-0.3, -0.25) is 0 Å². The average molecular weight is 221 g/mol. The molecule has 0 amide bonds. The van der Waals surface area contributed by atoms with Gasteiger partial charge in [0.05, 0.1) is 6.26 Å². The summed E-state index contributed by atoms with van der Waals surface area (Å²) >= 11 is 0. The standard InChI is InChI=1S/C14H23NO/c1-2-3-4-5-6-7-8-11-14-15-12-9-10-13-16-14/h9-10,12-13H,2-8,11H2,1H3. The maximum Gasteiger partial charge on any atom is 0.193 e. The molecule has 0 bridgehead atoms. The molecule has 0 radical (unpaired) electrons. The van der Waals surface area contributed by atoms with Crippen molar-refractivity contribution in [2.24, 2.45) is 4.99 Å². The first-order valence-corrected chi connectivity index (χ1v) is 6.48. The summed E-state index contributed by atoms with van der Waals surface area (Å²) in [5, 5.41) is 0. The second-order valence-electron chi connectivity index (χ2n) is 4.18. The number of allylic oxidation sites excluding steroid dienone is 2. The van der Waals surface area contributed by atoms with Crippen LogP contribution in [-0.2, 0) is 4.74 Å². The summed E-state index contributed by atoms with van der Waals surface area (Å²) in [5.41, 5.74) is 0. The summed E-state index contributed by atoms with van der Waals surface area (Å²) < 4.78 is 5.35. The smallest absolute Gasteiger partial charge is 0.193 e. The van der Waals surface area contributed by atoms with Crippen molar-refractivity contribution in [1.29, 1.82) is 0 Å². The average Bonchev–Trinajstić information content (AvgIpc) is 2.56. The van der Waals surface area contributed by atoms with E-state index in [1.807, 2.05) is 12.2 Å². The van der Waals surface area contributed by atoms with Crippen LogP contribution >= 0.6 is 0 Å². The van der Waals surface area contributed by atoms with Crippen molar-refractivity contribution in [3.8, 4) is 0 Å². The van der Waals surface area contributed by atoms with E-state index in [2.05, 4.69) is 11.9 Å². The van der Waals surface area contributed by atoms with Gasteiger partial charge in [0.15, 0.2) is 5.90 Å². The Morgan fingerprint density at radius 1 is 1.00 bits per heavy atom. The summed E-state index contributed by atoms with van der Waals surface area (Å²) in [5.74, 6) is 0.846. The SMILES string of the molecule is CCCCCCCCCC1=NC=CC=CO1. The Bertz CT molecular complexity index is 253. The van der Waals surface area contributed by atoms with Crippen LogP contribution in [0.25, 0.3) is 0 Å². The fourth-order valence-corrected chi connectivity index (χ4v) is 1.73. The van der Waals surface area contributed by atoms with Gasteiger partial charge in [-0.15, -0.1) is 0 Å². The maximum atomic E-state index is 5.35. The summed E-state index contributed by atoms with van der Waals surface area (Å²) in [7, 11) is 0. The van der Waals surface area contributed by atoms with Crippen molar-refractivity contribution in [3.63, 3.8) is 0 Å². The lowest BCUT2D eigenvalue weighted by atomic mass is 10.1. The second kappa shape index (κ2) is 9.20. The van der Waals surface area contributed by atoms with Crippen LogP contribution in [0.1, 0.15) is 58.3 Å². The van der Waals surface area contributed by atoms with E-state index in [1.54, 1.807) is 12.5 Å². The molecule has 0 atom stereocenters. The van der Waals surface area contributed by atoms with Gasteiger partial charge in [0.2, 0.25) is 0 Å². The van der Waals surface area contributed by atoms with Gasteiger partial charge in [0.1, 0.15) is 0 Å². The first kappa shape index (κ1) is 13.0. The van der Waals surface area contributed by atoms with Gasteiger partial charge in [0, 0.05) is 12.6 Å². The highest BCUT2D eigenvalue weighted by Crippen LogP contribution is 2.10. The van der Waals surface area contributed by atoms with E-state index >= 15 is 0 Å². The molecule has 1 heterocycles. The van der Waals surface area contributed by atoms with E-state index in [0.29, 0.717) is 0 Å². The monoisotopic (exact) mass is 221 g/mol. The van der Waals surface area contributed by atoms with Crippen molar-refractivity contribution in [2.45, 2.75) is 58.3 Å². The fourth-order valence-electron chi connectivity index (χ4n) is 1.73. The van der Waals surface area contributed by atoms with Crippen molar-refractivity contribution in [3.05, 3.63) is 24.6 Å². The van der Waals surface area contributed by atoms with E-state index < -0.39 is 0 Å². The lowest BCUT2D eigenvalue weighted by Crippen LogP contribution is -1.99. The summed E-state index contributed by atoms with van der Waals surface area (Å²) in [6, 6.07) is 0. The van der Waals surface area contributed by atoms with Gasteiger partial charge in [-0.2, -0.15) is 0 Å². The van der Waals surface area contributed by atoms with E-state index in [9.17, 15) is 0 Å². The van der Waals surface area contributed by atoms with Gasteiger partial charge >= 0.3 is 0 Å². The summed E-state index contributed by atoms with van der Waals surface area (Å²) in [6.07, 6.45) is 17.5. The number of hydrogen-bond acceptors (Lipinski definition) is 2. The number of ether oxygens (including phenoxy) is 1. The Morgan fingerprint density at radius 3 is 2.56 bits per heavy atom. The molecule has 0 aliphatic carbocycles. The second-order valence-corrected chi connectivity index (χ2v) is 4.18. The minimum Gasteiger partial charge on any atom is -0.451 e. The van der Waals surface area contributed by atoms with Crippen LogP contribution in [0.3, 0.4) is 0 Å². The summed E-state index contributed by atoms with van der Waals surface area (Å²) in [4.78, 5) is 4.22. The first-order chi connectivity index (χ1) is 7.93. The molecular weight excluding hydrogens is 198 g/mol. The van der Waals surface area contributed by atoms with Crippen LogP contribution in [0.15, 0.2) is 29.6 Å². The molecule has 1 rings (SSSR count). The molecular formula is C14H23NO. The molecule has 0 saturated carbocycles. The molecule has 0 N–H and O–H groups in total. The van der Waals surface area contributed by atoms with Gasteiger partial charge in [-0.25, -0.2) is 4.99 Å². The van der Waals surface area contributed by atoms with Crippen LogP contribution < -0.4 is 0 Å². The highest BCUT2D eigenvalue weighted by molar-refractivity contribution is 5.77. The van der Waals surface area contributed by atoms with E-state index in [-0.39, 0.29) is 0 Å². The van der Waals surface area contributed by atoms with Crippen LogP contribution in [0, 0.1) is 0 Å². The molecule has 0 aromatic rings. The third-order valence-electron chi connectivity index (χ3n) is 2.69. The molecule has 2 nitrogen and oxygen atoms in total. The molecule has 0 unspecified atom stereocenters. The number of unbranched alkanes of at least 4 members (excludes halogenated alkanes) is 6. The third kappa shape index (κ3) is 6.44. The minimum atomic E-state index is 0.846. The van der Waals surface area contributed by atoms with Gasteiger partial charge in [-0.1, -0.05) is 45.4 Å². The van der Waals surface area contributed by atoms with Gasteiger partial charge in [0.25, 0.3) is 0 Å². The molecule has 1 aliphatic rings. The molecule has 0 aromatic heterocycles. The van der Waals surface area contributed by atoms with Gasteiger partial charge < -0.3 is 4.74 Å². The molecule has 16 heavy (non-hydrogen) atoms. The zero-order chi connectivity index (χ0) is 11.5. The van der Waals surface area contributed by atoms with E-state index in [4.69, 9.17) is 4.74 Å². The van der Waals surface area contributed by atoms with Crippen LogP contribution in [0.4, 0.5) is 0 Å². The van der Waals surface area contributed by atoms with Crippen molar-refractivity contribution in [1.82, 2.24) is 0 Å². The molecule has 90 valence electrons. The lowest BCUT2D eigenvalue weighted by molar-refractivity contribution is 0.451. The summed E-state index contributed by atoms with van der Waals surface area (Å²) in [6.45, 7) is 2.25. The first-order valence-electron chi connectivity index (χ1n) is 6.48. The highest BCUT2D eigenvalue weighted by Gasteiger charge is 1.99. The Hall–Kier alpha value is -1.05. The predicted octanol–water partition coefficient (Wildman–Crippen LogP) is 4.58. The normalized spacial score (nSPS) is 14.4. The zero-order valence-electron chi connectivity index (χ0n) is 10.3. The third-order valence-corrected chi connectivity index (χ3v) is 2.69. The number of aliphatic imine (C=N–C) groups is 1. The largest absolute Gasteiger partial charge is 0.451 e. The number of rotatable bonds is 8. The molecule has 1 aliphatic heterocycles. The molecule has 2 heteroatoms. The predicted molar refractivity (Wildman–Crippen MR) is 69.4 cm³/mol. The number of nitrogens with zero attached hydrogens (tertiary/aromatic N) is 1. The van der Waals surface area contributed by atoms with E-state index in [0.717, 1.165) is 12.3 Å². The zero-order valence-corrected chi connectivity index (χ0v) is 10.3. The van der Waals surface area contributed by atoms with Crippen LogP contribution in [0.2, 0.25) is 0 Å². The topological polar surface area (TPSA) is 21.6 Å². The number of hydrogen-bond donors (Lipinski definition) is 0. The highest BCUT2D eigenvalue weighted by atomic mass is 16.5.